The quantitative estimate of drug-likeness (QED) is 0.727. The first-order valence-electron chi connectivity index (χ1n) is 9.87. The van der Waals surface area contributed by atoms with E-state index in [1.54, 1.807) is 0 Å². The molecule has 3 aromatic rings. The first kappa shape index (κ1) is 18.3. The average Bonchev–Trinajstić information content (AvgIpc) is 3.07. The highest BCUT2D eigenvalue weighted by Crippen LogP contribution is 2.22. The van der Waals surface area contributed by atoms with E-state index in [4.69, 9.17) is 0 Å². The number of amides is 1. The van der Waals surface area contributed by atoms with E-state index in [0.29, 0.717) is 6.04 Å². The third kappa shape index (κ3) is 3.81. The first-order chi connectivity index (χ1) is 13.6. The number of nitrogens with one attached hydrogen (secondary N) is 2. The summed E-state index contributed by atoms with van der Waals surface area (Å²) in [4.78, 5) is 24.7. The van der Waals surface area contributed by atoms with Crippen LogP contribution in [-0.4, -0.2) is 54.0 Å². The van der Waals surface area contributed by atoms with Crippen LogP contribution in [0.15, 0.2) is 48.8 Å². The number of aromatic nitrogens is 2. The lowest BCUT2D eigenvalue weighted by Gasteiger charge is -2.22. The van der Waals surface area contributed by atoms with Crippen molar-refractivity contribution in [2.24, 2.45) is 0 Å². The number of fused-ring (bicyclic) bond motifs is 1. The molecule has 4 rings (SSSR count). The van der Waals surface area contributed by atoms with Gasteiger partial charge in [-0.05, 0) is 49.6 Å². The Hall–Kier alpha value is -3.02. The molecule has 2 N–H and O–H groups in total. The molecule has 146 valence electrons. The lowest BCUT2D eigenvalue weighted by atomic mass is 10.1. The molecule has 1 unspecified atom stereocenters. The molecule has 0 radical (unpaired) electrons. The van der Waals surface area contributed by atoms with Crippen molar-refractivity contribution in [2.75, 3.05) is 37.4 Å². The van der Waals surface area contributed by atoms with Crippen molar-refractivity contribution in [3.05, 3.63) is 54.4 Å². The molecule has 28 heavy (non-hydrogen) atoms. The smallest absolute Gasteiger partial charge is 0.254 e. The van der Waals surface area contributed by atoms with E-state index < -0.39 is 0 Å². The summed E-state index contributed by atoms with van der Waals surface area (Å²) < 4.78 is 0. The number of hydrogen-bond acceptors (Lipinski definition) is 4. The van der Waals surface area contributed by atoms with E-state index in [1.165, 1.54) is 0 Å². The summed E-state index contributed by atoms with van der Waals surface area (Å²) in [5.74, 6) is 1.07. The van der Waals surface area contributed by atoms with Gasteiger partial charge in [0.2, 0.25) is 0 Å². The number of anilines is 2. The molecule has 1 aliphatic rings. The lowest BCUT2D eigenvalue weighted by molar-refractivity contribution is 0.0763. The van der Waals surface area contributed by atoms with E-state index in [-0.39, 0.29) is 5.91 Å². The first-order valence-corrected chi connectivity index (χ1v) is 9.87. The minimum absolute atomic E-state index is 0.128. The molecule has 6 nitrogen and oxygen atoms in total. The van der Waals surface area contributed by atoms with Gasteiger partial charge in [-0.2, -0.15) is 0 Å². The van der Waals surface area contributed by atoms with Gasteiger partial charge in [-0.3, -0.25) is 4.79 Å². The van der Waals surface area contributed by atoms with E-state index >= 15 is 0 Å². The van der Waals surface area contributed by atoms with Crippen LogP contribution in [0, 0.1) is 0 Å². The van der Waals surface area contributed by atoms with Crippen LogP contribution in [0.1, 0.15) is 29.6 Å². The second-order valence-electron chi connectivity index (χ2n) is 7.61. The van der Waals surface area contributed by atoms with Crippen molar-refractivity contribution in [1.29, 1.82) is 0 Å². The summed E-state index contributed by atoms with van der Waals surface area (Å²) in [6.07, 6.45) is 6.75. The van der Waals surface area contributed by atoms with E-state index in [0.717, 1.165) is 60.3 Å². The van der Waals surface area contributed by atoms with Crippen molar-refractivity contribution < 1.29 is 4.79 Å². The zero-order chi connectivity index (χ0) is 19.5. The van der Waals surface area contributed by atoms with Crippen LogP contribution in [0.25, 0.3) is 10.9 Å². The number of aromatic amines is 1. The Morgan fingerprint density at radius 2 is 2.07 bits per heavy atom. The molecule has 1 saturated heterocycles. The van der Waals surface area contributed by atoms with Crippen molar-refractivity contribution >= 4 is 28.3 Å². The highest BCUT2D eigenvalue weighted by molar-refractivity contribution is 6.06. The molecular weight excluding hydrogens is 350 g/mol. The predicted molar refractivity (Wildman–Crippen MR) is 114 cm³/mol. The van der Waals surface area contributed by atoms with Crippen LogP contribution in [-0.2, 0) is 0 Å². The zero-order valence-electron chi connectivity index (χ0n) is 16.5. The molecule has 3 heterocycles. The molecule has 0 spiro atoms. The second-order valence-corrected chi connectivity index (χ2v) is 7.61. The molecule has 0 aliphatic carbocycles. The molecular formula is C22H27N5O. The van der Waals surface area contributed by atoms with Gasteiger partial charge in [-0.15, -0.1) is 0 Å². The molecule has 1 aliphatic heterocycles. The van der Waals surface area contributed by atoms with Gasteiger partial charge in [-0.25, -0.2) is 4.98 Å². The number of carbonyl (C=O) groups excluding carboxylic acids is 1. The summed E-state index contributed by atoms with van der Waals surface area (Å²) in [7, 11) is 3.97. The fourth-order valence-electron chi connectivity index (χ4n) is 3.86. The molecule has 0 saturated carbocycles. The van der Waals surface area contributed by atoms with Crippen molar-refractivity contribution in [3.63, 3.8) is 0 Å². The standard InChI is InChI=1S/C22H27N5O/c1-26(2)21-9-8-17(15-24-21)25-16-5-4-13-27(14-11-16)22(28)19-6-3-7-20-18(19)10-12-23-20/h3,6-10,12,15-16,23,25H,4-5,11,13-14H2,1-2H3. The summed E-state index contributed by atoms with van der Waals surface area (Å²) in [6.45, 7) is 1.57. The maximum atomic E-state index is 13.1. The molecule has 1 amide bonds. The minimum Gasteiger partial charge on any atom is -0.381 e. The Bertz CT molecular complexity index is 947. The summed E-state index contributed by atoms with van der Waals surface area (Å²) in [5.41, 5.74) is 2.83. The van der Waals surface area contributed by atoms with Gasteiger partial charge < -0.3 is 20.1 Å². The van der Waals surface area contributed by atoms with Crippen molar-refractivity contribution in [3.8, 4) is 0 Å². The Morgan fingerprint density at radius 1 is 1.18 bits per heavy atom. The van der Waals surface area contributed by atoms with Gasteiger partial charge in [0.1, 0.15) is 5.82 Å². The van der Waals surface area contributed by atoms with Gasteiger partial charge in [0, 0.05) is 55.9 Å². The number of pyridine rings is 1. The van der Waals surface area contributed by atoms with Gasteiger partial charge in [-0.1, -0.05) is 6.07 Å². The minimum atomic E-state index is 0.128. The highest BCUT2D eigenvalue weighted by Gasteiger charge is 2.23. The Kier molecular flexibility index (Phi) is 5.19. The number of rotatable bonds is 4. The van der Waals surface area contributed by atoms with Gasteiger partial charge >= 0.3 is 0 Å². The number of benzene rings is 1. The summed E-state index contributed by atoms with van der Waals surface area (Å²) in [6, 6.07) is 12.3. The van der Waals surface area contributed by atoms with Gasteiger partial charge in [0.15, 0.2) is 0 Å². The molecule has 6 heteroatoms. The Morgan fingerprint density at radius 3 is 2.86 bits per heavy atom. The highest BCUT2D eigenvalue weighted by atomic mass is 16.2. The van der Waals surface area contributed by atoms with Gasteiger partial charge in [0.25, 0.3) is 5.91 Å². The topological polar surface area (TPSA) is 64.3 Å². The fraction of sp³-hybridized carbons (Fsp3) is 0.364. The van der Waals surface area contributed by atoms with Crippen molar-refractivity contribution in [2.45, 2.75) is 25.3 Å². The van der Waals surface area contributed by atoms with Crippen LogP contribution in [0.2, 0.25) is 0 Å². The van der Waals surface area contributed by atoms with E-state index in [9.17, 15) is 4.79 Å². The maximum absolute atomic E-state index is 13.1. The largest absolute Gasteiger partial charge is 0.381 e. The summed E-state index contributed by atoms with van der Waals surface area (Å²) in [5, 5.41) is 4.59. The Balaban J connectivity index is 1.41. The third-order valence-corrected chi connectivity index (χ3v) is 5.42. The maximum Gasteiger partial charge on any atom is 0.254 e. The summed E-state index contributed by atoms with van der Waals surface area (Å²) >= 11 is 0. The molecule has 1 aromatic carbocycles. The monoisotopic (exact) mass is 377 g/mol. The number of likely N-dealkylation sites (tertiary alicyclic amines) is 1. The molecule has 2 aromatic heterocycles. The number of carbonyl (C=O) groups is 1. The van der Waals surface area contributed by atoms with Gasteiger partial charge in [0.05, 0.1) is 11.9 Å². The van der Waals surface area contributed by atoms with Crippen LogP contribution in [0.3, 0.4) is 0 Å². The van der Waals surface area contributed by atoms with Crippen LogP contribution >= 0.6 is 0 Å². The van der Waals surface area contributed by atoms with Crippen LogP contribution in [0.4, 0.5) is 11.5 Å². The second kappa shape index (κ2) is 7.92. The van der Waals surface area contributed by atoms with E-state index in [1.807, 2.05) is 66.6 Å². The fourth-order valence-corrected chi connectivity index (χ4v) is 3.86. The average molecular weight is 377 g/mol. The SMILES string of the molecule is CN(C)c1ccc(NC2CCCN(C(=O)c3cccc4[nH]ccc34)CC2)cn1. The number of nitrogens with zero attached hydrogens (tertiary/aromatic N) is 3. The third-order valence-electron chi connectivity index (χ3n) is 5.42. The number of H-pyrrole nitrogens is 1. The van der Waals surface area contributed by atoms with Crippen molar-refractivity contribution in [1.82, 2.24) is 14.9 Å². The lowest BCUT2D eigenvalue weighted by Crippen LogP contribution is -2.32. The number of hydrogen-bond donors (Lipinski definition) is 2. The van der Waals surface area contributed by atoms with Crippen LogP contribution in [0.5, 0.6) is 0 Å². The normalized spacial score (nSPS) is 17.4. The zero-order valence-corrected chi connectivity index (χ0v) is 16.5. The molecule has 1 atom stereocenters. The van der Waals surface area contributed by atoms with E-state index in [2.05, 4.69) is 21.4 Å². The Labute approximate surface area is 165 Å². The van der Waals surface area contributed by atoms with Crippen LogP contribution < -0.4 is 10.2 Å². The molecule has 1 fully saturated rings. The predicted octanol–water partition coefficient (Wildman–Crippen LogP) is 3.74. The molecule has 0 bridgehead atoms.